The summed E-state index contributed by atoms with van der Waals surface area (Å²) in [5, 5.41) is 0. The van der Waals surface area contributed by atoms with Gasteiger partial charge in [-0.05, 0) is 37.5 Å². The Kier molecular flexibility index (Phi) is 5.87. The summed E-state index contributed by atoms with van der Waals surface area (Å²) in [6.45, 7) is 2.66. The maximum atomic E-state index is 5.73. The van der Waals surface area contributed by atoms with Crippen LogP contribution in [0.5, 0.6) is 5.75 Å². The zero-order valence-corrected chi connectivity index (χ0v) is 12.3. The van der Waals surface area contributed by atoms with E-state index in [1.54, 1.807) is 0 Å². The molecule has 0 spiro atoms. The quantitative estimate of drug-likeness (QED) is 0.376. The van der Waals surface area contributed by atoms with Crippen LogP contribution in [-0.2, 0) is 0 Å². The molecule has 1 saturated carbocycles. The maximum absolute atomic E-state index is 5.73. The fraction of sp³-hybridized carbons (Fsp3) is 0.562. The molecule has 0 heterocycles. The highest BCUT2D eigenvalue weighted by atomic mass is 16.5. The van der Waals surface area contributed by atoms with Gasteiger partial charge in [0.2, 0.25) is 0 Å². The highest BCUT2D eigenvalue weighted by molar-refractivity contribution is 5.81. The molecule has 0 radical (unpaired) electrons. The van der Waals surface area contributed by atoms with Gasteiger partial charge in [-0.25, -0.2) is 5.84 Å². The van der Waals surface area contributed by atoms with E-state index in [0.29, 0.717) is 12.6 Å². The van der Waals surface area contributed by atoms with Gasteiger partial charge in [0.15, 0.2) is 0 Å². The summed E-state index contributed by atoms with van der Waals surface area (Å²) in [6, 6.07) is 8.51. The Labute approximate surface area is 121 Å². The molecule has 0 aromatic heterocycles. The van der Waals surface area contributed by atoms with Gasteiger partial charge in [0, 0.05) is 6.42 Å². The van der Waals surface area contributed by atoms with E-state index < -0.39 is 0 Å². The SMILES string of the molecule is Cc1cccc(OCCC(=NC2CCCCC2)NN)c1. The predicted molar refractivity (Wildman–Crippen MR) is 82.9 cm³/mol. The second kappa shape index (κ2) is 7.90. The summed E-state index contributed by atoms with van der Waals surface area (Å²) < 4.78 is 5.73. The molecule has 0 saturated heterocycles. The molecule has 0 bridgehead atoms. The third kappa shape index (κ3) is 4.85. The number of ether oxygens (including phenoxy) is 1. The second-order valence-corrected chi connectivity index (χ2v) is 5.43. The lowest BCUT2D eigenvalue weighted by atomic mass is 9.96. The topological polar surface area (TPSA) is 59.6 Å². The molecular weight excluding hydrogens is 250 g/mol. The minimum Gasteiger partial charge on any atom is -0.493 e. The number of aliphatic imine (C=N–C) groups is 1. The summed E-state index contributed by atoms with van der Waals surface area (Å²) in [4.78, 5) is 4.70. The van der Waals surface area contributed by atoms with E-state index in [0.717, 1.165) is 18.0 Å². The number of hydrazine groups is 1. The molecule has 0 aliphatic heterocycles. The zero-order valence-electron chi connectivity index (χ0n) is 12.3. The first-order chi connectivity index (χ1) is 9.78. The number of hydrogen-bond acceptors (Lipinski definition) is 3. The van der Waals surface area contributed by atoms with E-state index in [1.807, 2.05) is 18.2 Å². The number of aryl methyl sites for hydroxylation is 1. The Morgan fingerprint density at radius 3 is 2.85 bits per heavy atom. The number of rotatable bonds is 5. The van der Waals surface area contributed by atoms with Crippen LogP contribution in [0.15, 0.2) is 29.3 Å². The van der Waals surface area contributed by atoms with Crippen molar-refractivity contribution in [2.24, 2.45) is 10.8 Å². The second-order valence-electron chi connectivity index (χ2n) is 5.43. The third-order valence-corrected chi connectivity index (χ3v) is 3.68. The van der Waals surface area contributed by atoms with Crippen LogP contribution in [0.1, 0.15) is 44.1 Å². The standard InChI is InChI=1S/C16H25N3O/c1-13-6-5-9-15(12-13)20-11-10-16(19-17)18-14-7-3-2-4-8-14/h5-6,9,12,14H,2-4,7-8,10-11,17H2,1H3,(H,18,19). The van der Waals surface area contributed by atoms with Crippen molar-refractivity contribution < 1.29 is 4.74 Å². The molecular formula is C16H25N3O. The fourth-order valence-electron chi connectivity index (χ4n) is 2.58. The smallest absolute Gasteiger partial charge is 0.119 e. The maximum Gasteiger partial charge on any atom is 0.119 e. The highest BCUT2D eigenvalue weighted by Crippen LogP contribution is 2.20. The number of hydrogen-bond donors (Lipinski definition) is 2. The summed E-state index contributed by atoms with van der Waals surface area (Å²) in [6.07, 6.45) is 7.00. The minimum absolute atomic E-state index is 0.439. The Balaban J connectivity index is 1.79. The molecule has 4 nitrogen and oxygen atoms in total. The van der Waals surface area contributed by atoms with Crippen molar-refractivity contribution in [3.63, 3.8) is 0 Å². The van der Waals surface area contributed by atoms with E-state index in [4.69, 9.17) is 15.6 Å². The van der Waals surface area contributed by atoms with E-state index in [9.17, 15) is 0 Å². The van der Waals surface area contributed by atoms with Gasteiger partial charge in [-0.3, -0.25) is 4.99 Å². The lowest BCUT2D eigenvalue weighted by Crippen LogP contribution is -2.33. The van der Waals surface area contributed by atoms with E-state index in [-0.39, 0.29) is 0 Å². The van der Waals surface area contributed by atoms with E-state index in [2.05, 4.69) is 18.4 Å². The zero-order chi connectivity index (χ0) is 14.2. The first kappa shape index (κ1) is 14.9. The molecule has 1 aromatic carbocycles. The molecule has 2 rings (SSSR count). The van der Waals surface area contributed by atoms with Gasteiger partial charge < -0.3 is 10.2 Å². The molecule has 0 unspecified atom stereocenters. The number of amidine groups is 1. The van der Waals surface area contributed by atoms with Crippen molar-refractivity contribution in [2.75, 3.05) is 6.61 Å². The van der Waals surface area contributed by atoms with E-state index in [1.165, 1.54) is 37.7 Å². The summed E-state index contributed by atoms with van der Waals surface area (Å²) in [5.74, 6) is 7.31. The summed E-state index contributed by atoms with van der Waals surface area (Å²) in [5.41, 5.74) is 3.92. The molecule has 0 atom stereocenters. The third-order valence-electron chi connectivity index (χ3n) is 3.68. The highest BCUT2D eigenvalue weighted by Gasteiger charge is 2.12. The van der Waals surface area contributed by atoms with Crippen LogP contribution >= 0.6 is 0 Å². The van der Waals surface area contributed by atoms with Gasteiger partial charge in [-0.15, -0.1) is 0 Å². The largest absolute Gasteiger partial charge is 0.493 e. The molecule has 4 heteroatoms. The Hall–Kier alpha value is -1.55. The lowest BCUT2D eigenvalue weighted by molar-refractivity contribution is 0.327. The van der Waals surface area contributed by atoms with Crippen LogP contribution in [0.25, 0.3) is 0 Å². The molecule has 1 aliphatic rings. The Morgan fingerprint density at radius 1 is 1.35 bits per heavy atom. The molecule has 1 aliphatic carbocycles. The van der Waals surface area contributed by atoms with Crippen molar-refractivity contribution in [1.82, 2.24) is 5.43 Å². The molecule has 1 fully saturated rings. The number of benzene rings is 1. The molecule has 3 N–H and O–H groups in total. The van der Waals surface area contributed by atoms with Crippen molar-refractivity contribution in [3.8, 4) is 5.75 Å². The predicted octanol–water partition coefficient (Wildman–Crippen LogP) is 2.96. The average molecular weight is 275 g/mol. The monoisotopic (exact) mass is 275 g/mol. The first-order valence-electron chi connectivity index (χ1n) is 7.50. The van der Waals surface area contributed by atoms with Crippen LogP contribution in [0.4, 0.5) is 0 Å². The van der Waals surface area contributed by atoms with Gasteiger partial charge in [0.25, 0.3) is 0 Å². The number of nitrogens with two attached hydrogens (primary N) is 1. The molecule has 110 valence electrons. The van der Waals surface area contributed by atoms with Crippen molar-refractivity contribution >= 4 is 5.84 Å². The van der Waals surface area contributed by atoms with Crippen molar-refractivity contribution in [1.29, 1.82) is 0 Å². The molecule has 20 heavy (non-hydrogen) atoms. The van der Waals surface area contributed by atoms with Crippen LogP contribution < -0.4 is 16.0 Å². The summed E-state index contributed by atoms with van der Waals surface area (Å²) >= 11 is 0. The van der Waals surface area contributed by atoms with E-state index >= 15 is 0 Å². The average Bonchev–Trinajstić information content (AvgIpc) is 2.47. The fourth-order valence-corrected chi connectivity index (χ4v) is 2.58. The van der Waals surface area contributed by atoms with Gasteiger partial charge in [0.1, 0.15) is 11.6 Å². The van der Waals surface area contributed by atoms with Gasteiger partial charge in [0.05, 0.1) is 12.6 Å². The number of nitrogens with one attached hydrogen (secondary N) is 1. The molecule has 0 amide bonds. The van der Waals surface area contributed by atoms with Gasteiger partial charge >= 0.3 is 0 Å². The minimum atomic E-state index is 0.439. The van der Waals surface area contributed by atoms with Crippen molar-refractivity contribution in [3.05, 3.63) is 29.8 Å². The molecule has 1 aromatic rings. The van der Waals surface area contributed by atoms with Crippen LogP contribution in [0.3, 0.4) is 0 Å². The Morgan fingerprint density at radius 2 is 2.15 bits per heavy atom. The van der Waals surface area contributed by atoms with Crippen molar-refractivity contribution in [2.45, 2.75) is 51.5 Å². The Bertz CT molecular complexity index is 439. The number of nitrogens with zero attached hydrogens (tertiary/aromatic N) is 1. The summed E-state index contributed by atoms with van der Waals surface area (Å²) in [7, 11) is 0. The van der Waals surface area contributed by atoms with Crippen LogP contribution in [0.2, 0.25) is 0 Å². The van der Waals surface area contributed by atoms with Crippen LogP contribution in [-0.4, -0.2) is 18.5 Å². The normalized spacial score (nSPS) is 17.0. The first-order valence-corrected chi connectivity index (χ1v) is 7.50. The van der Waals surface area contributed by atoms with Gasteiger partial charge in [-0.1, -0.05) is 31.4 Å². The van der Waals surface area contributed by atoms with Crippen LogP contribution in [0, 0.1) is 6.92 Å². The van der Waals surface area contributed by atoms with Gasteiger partial charge in [-0.2, -0.15) is 0 Å². The lowest BCUT2D eigenvalue weighted by Gasteiger charge is -2.19.